The van der Waals surface area contributed by atoms with E-state index in [1.807, 2.05) is 42.7 Å². The number of pyridine rings is 1. The Morgan fingerprint density at radius 3 is 2.63 bits per heavy atom. The molecule has 0 radical (unpaired) electrons. The zero-order valence-corrected chi connectivity index (χ0v) is 12.0. The van der Waals surface area contributed by atoms with E-state index in [0.717, 1.165) is 28.0 Å². The molecular formula is C14H16N2O2S. The summed E-state index contributed by atoms with van der Waals surface area (Å²) < 4.78 is 10.5. The third-order valence-electron chi connectivity index (χ3n) is 2.60. The number of hydrogen-bond donors (Lipinski definition) is 1. The van der Waals surface area contributed by atoms with Crippen molar-refractivity contribution in [2.45, 2.75) is 5.03 Å². The van der Waals surface area contributed by atoms with Gasteiger partial charge in [-0.3, -0.25) is 0 Å². The molecule has 0 bridgehead atoms. The predicted octanol–water partition coefficient (Wildman–Crippen LogP) is 3.56. The molecule has 0 spiro atoms. The molecule has 0 saturated carbocycles. The van der Waals surface area contributed by atoms with Gasteiger partial charge in [0.25, 0.3) is 0 Å². The quantitative estimate of drug-likeness (QED) is 0.846. The van der Waals surface area contributed by atoms with Crippen LogP contribution in [0.1, 0.15) is 0 Å². The van der Waals surface area contributed by atoms with Crippen molar-refractivity contribution in [3.8, 4) is 11.5 Å². The van der Waals surface area contributed by atoms with Crippen LogP contribution < -0.4 is 14.8 Å². The van der Waals surface area contributed by atoms with Crippen molar-refractivity contribution in [3.63, 3.8) is 0 Å². The highest BCUT2D eigenvalue weighted by molar-refractivity contribution is 7.98. The van der Waals surface area contributed by atoms with Gasteiger partial charge in [-0.15, -0.1) is 11.8 Å². The zero-order valence-electron chi connectivity index (χ0n) is 11.1. The largest absolute Gasteiger partial charge is 0.497 e. The number of anilines is 2. The van der Waals surface area contributed by atoms with Crippen LogP contribution in [0.4, 0.5) is 11.5 Å². The zero-order chi connectivity index (χ0) is 13.7. The van der Waals surface area contributed by atoms with E-state index in [1.54, 1.807) is 26.0 Å². The second-order valence-electron chi connectivity index (χ2n) is 3.76. The molecule has 2 aromatic rings. The van der Waals surface area contributed by atoms with Crippen LogP contribution in [0.5, 0.6) is 11.5 Å². The molecule has 0 aliphatic rings. The summed E-state index contributed by atoms with van der Waals surface area (Å²) >= 11 is 1.60. The summed E-state index contributed by atoms with van der Waals surface area (Å²) in [6.07, 6.45) is 2.00. The maximum absolute atomic E-state index is 5.32. The molecule has 5 heteroatoms. The topological polar surface area (TPSA) is 43.4 Å². The molecule has 100 valence electrons. The van der Waals surface area contributed by atoms with Crippen LogP contribution in [-0.2, 0) is 0 Å². The summed E-state index contributed by atoms with van der Waals surface area (Å²) in [6, 6.07) is 11.5. The van der Waals surface area contributed by atoms with Gasteiger partial charge in [0.1, 0.15) is 17.3 Å². The first-order valence-electron chi connectivity index (χ1n) is 5.77. The number of aromatic nitrogens is 1. The van der Waals surface area contributed by atoms with E-state index in [-0.39, 0.29) is 0 Å². The molecular weight excluding hydrogens is 260 g/mol. The first-order chi connectivity index (χ1) is 9.26. The van der Waals surface area contributed by atoms with Crippen LogP contribution in [0.2, 0.25) is 0 Å². The van der Waals surface area contributed by atoms with Crippen molar-refractivity contribution in [2.24, 2.45) is 0 Å². The third kappa shape index (κ3) is 3.32. The lowest BCUT2D eigenvalue weighted by Crippen LogP contribution is -1.97. The maximum Gasteiger partial charge on any atom is 0.142 e. The van der Waals surface area contributed by atoms with E-state index in [9.17, 15) is 0 Å². The van der Waals surface area contributed by atoms with E-state index in [4.69, 9.17) is 9.47 Å². The molecule has 0 amide bonds. The first kappa shape index (κ1) is 13.5. The molecule has 19 heavy (non-hydrogen) atoms. The highest BCUT2D eigenvalue weighted by Gasteiger charge is 2.06. The summed E-state index contributed by atoms with van der Waals surface area (Å²) in [7, 11) is 3.27. The minimum absolute atomic E-state index is 0.747. The summed E-state index contributed by atoms with van der Waals surface area (Å²) in [6.45, 7) is 0. The Morgan fingerprint density at radius 1 is 1.11 bits per heavy atom. The van der Waals surface area contributed by atoms with Gasteiger partial charge in [-0.25, -0.2) is 4.98 Å². The fourth-order valence-electron chi connectivity index (χ4n) is 1.65. The van der Waals surface area contributed by atoms with E-state index in [2.05, 4.69) is 10.3 Å². The van der Waals surface area contributed by atoms with E-state index in [0.29, 0.717) is 0 Å². The molecule has 1 N–H and O–H groups in total. The van der Waals surface area contributed by atoms with Crippen LogP contribution >= 0.6 is 11.8 Å². The van der Waals surface area contributed by atoms with Crippen LogP contribution in [0.25, 0.3) is 0 Å². The Hall–Kier alpha value is -1.88. The number of thioether (sulfide) groups is 1. The Morgan fingerprint density at radius 2 is 1.95 bits per heavy atom. The van der Waals surface area contributed by atoms with Gasteiger partial charge >= 0.3 is 0 Å². The summed E-state index contributed by atoms with van der Waals surface area (Å²) in [5.74, 6) is 2.29. The van der Waals surface area contributed by atoms with Crippen molar-refractivity contribution < 1.29 is 9.47 Å². The summed E-state index contributed by atoms with van der Waals surface area (Å²) in [4.78, 5) is 4.47. The first-order valence-corrected chi connectivity index (χ1v) is 6.99. The van der Waals surface area contributed by atoms with Crippen molar-refractivity contribution in [2.75, 3.05) is 25.8 Å². The molecule has 1 aromatic carbocycles. The van der Waals surface area contributed by atoms with Gasteiger partial charge in [0.15, 0.2) is 0 Å². The highest BCUT2D eigenvalue weighted by Crippen LogP contribution is 2.31. The smallest absolute Gasteiger partial charge is 0.142 e. The molecule has 0 fully saturated rings. The lowest BCUT2D eigenvalue weighted by Gasteiger charge is -2.12. The summed E-state index contributed by atoms with van der Waals surface area (Å²) in [5, 5.41) is 4.21. The molecule has 2 rings (SSSR count). The lowest BCUT2D eigenvalue weighted by molar-refractivity contribution is 0.405. The number of benzene rings is 1. The van der Waals surface area contributed by atoms with Gasteiger partial charge in [0, 0.05) is 6.07 Å². The molecule has 0 unspecified atom stereocenters. The number of ether oxygens (including phenoxy) is 2. The van der Waals surface area contributed by atoms with Gasteiger partial charge in [-0.05, 0) is 30.5 Å². The lowest BCUT2D eigenvalue weighted by atomic mass is 10.2. The molecule has 0 atom stereocenters. The minimum Gasteiger partial charge on any atom is -0.497 e. The molecule has 4 nitrogen and oxygen atoms in total. The molecule has 0 aliphatic carbocycles. The van der Waals surface area contributed by atoms with Crippen LogP contribution in [0.3, 0.4) is 0 Å². The van der Waals surface area contributed by atoms with Gasteiger partial charge in [-0.1, -0.05) is 6.07 Å². The fourth-order valence-corrected chi connectivity index (χ4v) is 2.05. The van der Waals surface area contributed by atoms with Crippen molar-refractivity contribution >= 4 is 23.3 Å². The normalized spacial score (nSPS) is 10.1. The molecule has 0 saturated heterocycles. The fraction of sp³-hybridized carbons (Fsp3) is 0.214. The van der Waals surface area contributed by atoms with E-state index >= 15 is 0 Å². The van der Waals surface area contributed by atoms with Crippen molar-refractivity contribution in [3.05, 3.63) is 36.4 Å². The van der Waals surface area contributed by atoms with Crippen molar-refractivity contribution in [1.82, 2.24) is 4.98 Å². The number of nitrogens with one attached hydrogen (secondary N) is 1. The average molecular weight is 276 g/mol. The monoisotopic (exact) mass is 276 g/mol. The average Bonchev–Trinajstić information content (AvgIpc) is 2.47. The van der Waals surface area contributed by atoms with Gasteiger partial charge in [0.05, 0.1) is 24.9 Å². The Balaban J connectivity index is 2.30. The molecule has 1 heterocycles. The minimum atomic E-state index is 0.747. The SMILES string of the molecule is COc1ccc(OC)c(Nc2cccc(SC)n2)c1. The summed E-state index contributed by atoms with van der Waals surface area (Å²) in [5.41, 5.74) is 0.826. The highest BCUT2D eigenvalue weighted by atomic mass is 32.2. The molecule has 1 aromatic heterocycles. The van der Waals surface area contributed by atoms with Crippen molar-refractivity contribution in [1.29, 1.82) is 0 Å². The second kappa shape index (κ2) is 6.33. The predicted molar refractivity (Wildman–Crippen MR) is 78.8 cm³/mol. The number of hydrogen-bond acceptors (Lipinski definition) is 5. The maximum atomic E-state index is 5.32. The Kier molecular flexibility index (Phi) is 4.52. The Bertz CT molecular complexity index is 561. The number of nitrogens with zero attached hydrogens (tertiary/aromatic N) is 1. The molecule has 0 aliphatic heterocycles. The Labute approximate surface area is 117 Å². The van der Waals surface area contributed by atoms with Crippen LogP contribution in [0, 0.1) is 0 Å². The van der Waals surface area contributed by atoms with E-state index < -0.39 is 0 Å². The number of rotatable bonds is 5. The van der Waals surface area contributed by atoms with Gasteiger partial charge < -0.3 is 14.8 Å². The van der Waals surface area contributed by atoms with Gasteiger partial charge in [-0.2, -0.15) is 0 Å². The van der Waals surface area contributed by atoms with Crippen LogP contribution in [0.15, 0.2) is 41.4 Å². The second-order valence-corrected chi connectivity index (χ2v) is 4.58. The third-order valence-corrected chi connectivity index (χ3v) is 3.25. The number of methoxy groups -OCH3 is 2. The van der Waals surface area contributed by atoms with Gasteiger partial charge in [0.2, 0.25) is 0 Å². The standard InChI is InChI=1S/C14H16N2O2S/c1-17-10-7-8-12(18-2)11(9-10)15-13-5-4-6-14(16-13)19-3/h4-9H,1-3H3,(H,15,16). The van der Waals surface area contributed by atoms with Crippen LogP contribution in [-0.4, -0.2) is 25.5 Å². The van der Waals surface area contributed by atoms with E-state index in [1.165, 1.54) is 0 Å².